The Kier molecular flexibility index (Phi) is 5.69. The van der Waals surface area contributed by atoms with Gasteiger partial charge in [0, 0.05) is 56.4 Å². The fraction of sp³-hybridized carbons (Fsp3) is 0.0323. The monoisotopic (exact) mass is 531 g/mol. The van der Waals surface area contributed by atoms with Crippen LogP contribution in [0.5, 0.6) is 0 Å². The van der Waals surface area contributed by atoms with E-state index in [4.69, 9.17) is 11.6 Å². The van der Waals surface area contributed by atoms with E-state index in [1.807, 2.05) is 24.3 Å². The largest absolute Gasteiger partial charge is 0.361 e. The summed E-state index contributed by atoms with van der Waals surface area (Å²) in [7, 11) is 0. The Labute approximate surface area is 228 Å². The number of aromatic amines is 2. The van der Waals surface area contributed by atoms with Crippen LogP contribution in [0.3, 0.4) is 0 Å². The Bertz CT molecular complexity index is 1810. The molecule has 0 aliphatic carbocycles. The van der Waals surface area contributed by atoms with Gasteiger partial charge in [-0.3, -0.25) is 0 Å². The molecule has 7 aromatic rings. The Balaban J connectivity index is 1.26. The normalized spacial score (nSPS) is 11.5. The predicted molar refractivity (Wildman–Crippen MR) is 158 cm³/mol. The highest BCUT2D eigenvalue weighted by Gasteiger charge is 2.23. The predicted octanol–water partition coefficient (Wildman–Crippen LogP) is 8.74. The standard InChI is InChI=1S/C31H22ClN5S/c32-21-6-5-7-22(16-21)35-31-37-36-30(38-31)20-14-12-19(13-15-20)29(25-17-33-27-10-3-1-8-23(25)27)26-18-34-28-11-4-2-9-24(26)28/h1-18,29,33-34H,(H,35,37). The van der Waals surface area contributed by atoms with Crippen LogP contribution in [0.2, 0.25) is 5.02 Å². The minimum Gasteiger partial charge on any atom is -0.361 e. The van der Waals surface area contributed by atoms with E-state index in [-0.39, 0.29) is 5.92 Å². The van der Waals surface area contributed by atoms with Gasteiger partial charge in [-0.05, 0) is 47.0 Å². The number of benzene rings is 4. The van der Waals surface area contributed by atoms with E-state index in [0.29, 0.717) is 5.02 Å². The summed E-state index contributed by atoms with van der Waals surface area (Å²) in [5.74, 6) is 0.0610. The minimum absolute atomic E-state index is 0.0610. The van der Waals surface area contributed by atoms with Crippen LogP contribution >= 0.6 is 22.9 Å². The Hall–Kier alpha value is -4.39. The van der Waals surface area contributed by atoms with Gasteiger partial charge < -0.3 is 15.3 Å². The summed E-state index contributed by atoms with van der Waals surface area (Å²) < 4.78 is 0. The van der Waals surface area contributed by atoms with Gasteiger partial charge in [0.1, 0.15) is 5.01 Å². The molecule has 184 valence electrons. The number of fused-ring (bicyclic) bond motifs is 2. The molecule has 4 aromatic carbocycles. The van der Waals surface area contributed by atoms with E-state index in [2.05, 4.69) is 111 Å². The lowest BCUT2D eigenvalue weighted by atomic mass is 9.84. The van der Waals surface area contributed by atoms with E-state index in [1.165, 1.54) is 38.8 Å². The topological polar surface area (TPSA) is 69.4 Å². The molecule has 7 heteroatoms. The number of para-hydroxylation sites is 2. The van der Waals surface area contributed by atoms with Crippen LogP contribution in [-0.2, 0) is 0 Å². The zero-order chi connectivity index (χ0) is 25.5. The number of nitrogens with one attached hydrogen (secondary N) is 3. The summed E-state index contributed by atoms with van der Waals surface area (Å²) in [6.45, 7) is 0. The maximum atomic E-state index is 6.11. The van der Waals surface area contributed by atoms with Gasteiger partial charge in [-0.1, -0.05) is 89.7 Å². The van der Waals surface area contributed by atoms with Crippen molar-refractivity contribution in [1.82, 2.24) is 20.2 Å². The Morgan fingerprint density at radius 3 is 2.03 bits per heavy atom. The van der Waals surface area contributed by atoms with E-state index in [1.54, 1.807) is 0 Å². The fourth-order valence-corrected chi connectivity index (χ4v) is 6.05. The first-order valence-corrected chi connectivity index (χ1v) is 13.5. The maximum Gasteiger partial charge on any atom is 0.210 e. The molecule has 0 saturated heterocycles. The van der Waals surface area contributed by atoms with Crippen molar-refractivity contribution in [3.63, 3.8) is 0 Å². The van der Waals surface area contributed by atoms with Crippen LogP contribution in [0.25, 0.3) is 32.4 Å². The molecule has 0 aliphatic heterocycles. The number of hydrogen-bond acceptors (Lipinski definition) is 4. The maximum absolute atomic E-state index is 6.11. The highest BCUT2D eigenvalue weighted by Crippen LogP contribution is 2.40. The molecular formula is C31H22ClN5S. The summed E-state index contributed by atoms with van der Waals surface area (Å²) in [6.07, 6.45) is 4.28. The summed E-state index contributed by atoms with van der Waals surface area (Å²) in [6, 6.07) is 33.2. The summed E-state index contributed by atoms with van der Waals surface area (Å²) >= 11 is 7.63. The molecule has 0 spiro atoms. The molecule has 0 bridgehead atoms. The first-order chi connectivity index (χ1) is 18.7. The average Bonchev–Trinajstić information content (AvgIpc) is 3.69. The molecule has 3 aromatic heterocycles. The number of nitrogens with zero attached hydrogens (tertiary/aromatic N) is 2. The molecule has 0 atom stereocenters. The molecule has 5 nitrogen and oxygen atoms in total. The zero-order valence-corrected chi connectivity index (χ0v) is 21.7. The molecule has 0 aliphatic rings. The number of hydrogen-bond donors (Lipinski definition) is 3. The third-order valence-corrected chi connectivity index (χ3v) is 7.98. The first kappa shape index (κ1) is 22.8. The number of aromatic nitrogens is 4. The van der Waals surface area contributed by atoms with E-state index >= 15 is 0 Å². The number of rotatable bonds is 6. The molecule has 0 unspecified atom stereocenters. The van der Waals surface area contributed by atoms with Crippen LogP contribution in [0.4, 0.5) is 10.8 Å². The molecule has 3 N–H and O–H groups in total. The van der Waals surface area contributed by atoms with Crippen LogP contribution in [0, 0.1) is 0 Å². The summed E-state index contributed by atoms with van der Waals surface area (Å²) in [4.78, 5) is 6.94. The van der Waals surface area contributed by atoms with Crippen molar-refractivity contribution in [1.29, 1.82) is 0 Å². The van der Waals surface area contributed by atoms with Crippen molar-refractivity contribution in [2.24, 2.45) is 0 Å². The average molecular weight is 532 g/mol. The van der Waals surface area contributed by atoms with Crippen LogP contribution in [0.15, 0.2) is 109 Å². The molecule has 3 heterocycles. The molecule has 7 rings (SSSR count). The number of H-pyrrole nitrogens is 2. The highest BCUT2D eigenvalue weighted by atomic mass is 35.5. The van der Waals surface area contributed by atoms with Gasteiger partial charge in [0.2, 0.25) is 5.13 Å². The van der Waals surface area contributed by atoms with Crippen molar-refractivity contribution in [2.45, 2.75) is 5.92 Å². The van der Waals surface area contributed by atoms with Crippen molar-refractivity contribution < 1.29 is 0 Å². The minimum atomic E-state index is 0.0610. The molecular weight excluding hydrogens is 510 g/mol. The molecule has 0 radical (unpaired) electrons. The number of halogens is 1. The lowest BCUT2D eigenvalue weighted by molar-refractivity contribution is 0.998. The summed E-state index contributed by atoms with van der Waals surface area (Å²) in [5.41, 5.74) is 7.90. The second kappa shape index (κ2) is 9.49. The van der Waals surface area contributed by atoms with Gasteiger partial charge in [0.15, 0.2) is 0 Å². The third kappa shape index (κ3) is 4.14. The number of anilines is 2. The summed E-state index contributed by atoms with van der Waals surface area (Å²) in [5, 5.41) is 16.8. The first-order valence-electron chi connectivity index (χ1n) is 12.3. The fourth-order valence-electron chi connectivity index (χ4n) is 5.09. The van der Waals surface area contributed by atoms with Crippen molar-refractivity contribution in [2.75, 3.05) is 5.32 Å². The van der Waals surface area contributed by atoms with E-state index in [9.17, 15) is 0 Å². The van der Waals surface area contributed by atoms with Gasteiger partial charge in [0.05, 0.1) is 0 Å². The van der Waals surface area contributed by atoms with E-state index < -0.39 is 0 Å². The van der Waals surface area contributed by atoms with Gasteiger partial charge >= 0.3 is 0 Å². The van der Waals surface area contributed by atoms with Crippen molar-refractivity contribution in [3.8, 4) is 10.6 Å². The molecule has 38 heavy (non-hydrogen) atoms. The quantitative estimate of drug-likeness (QED) is 0.201. The second-order valence-corrected chi connectivity index (χ2v) is 10.6. The van der Waals surface area contributed by atoms with E-state index in [0.717, 1.165) is 32.4 Å². The lowest BCUT2D eigenvalue weighted by Gasteiger charge is -2.18. The van der Waals surface area contributed by atoms with Crippen LogP contribution in [-0.4, -0.2) is 20.2 Å². The Morgan fingerprint density at radius 1 is 0.711 bits per heavy atom. The lowest BCUT2D eigenvalue weighted by Crippen LogP contribution is -2.02. The van der Waals surface area contributed by atoms with Crippen molar-refractivity contribution >= 4 is 55.6 Å². The Morgan fingerprint density at radius 2 is 1.37 bits per heavy atom. The second-order valence-electron chi connectivity index (χ2n) is 9.18. The van der Waals surface area contributed by atoms with Crippen LogP contribution < -0.4 is 5.32 Å². The van der Waals surface area contributed by atoms with Crippen LogP contribution in [0.1, 0.15) is 22.6 Å². The van der Waals surface area contributed by atoms with Gasteiger partial charge in [0.25, 0.3) is 0 Å². The molecule has 0 saturated carbocycles. The zero-order valence-electron chi connectivity index (χ0n) is 20.2. The molecule has 0 fully saturated rings. The smallest absolute Gasteiger partial charge is 0.210 e. The highest BCUT2D eigenvalue weighted by molar-refractivity contribution is 7.18. The third-order valence-electron chi connectivity index (χ3n) is 6.86. The molecule has 0 amide bonds. The van der Waals surface area contributed by atoms with Gasteiger partial charge in [-0.15, -0.1) is 10.2 Å². The van der Waals surface area contributed by atoms with Gasteiger partial charge in [-0.25, -0.2) is 0 Å². The SMILES string of the molecule is Clc1cccc(Nc2nnc(-c3ccc(C(c4c[nH]c5ccccc45)c4c[nH]c5ccccc45)cc3)s2)c1. The van der Waals surface area contributed by atoms with Gasteiger partial charge in [-0.2, -0.15) is 0 Å². The van der Waals surface area contributed by atoms with Crippen molar-refractivity contribution in [3.05, 3.63) is 131 Å².